The van der Waals surface area contributed by atoms with Crippen LogP contribution in [-0.4, -0.2) is 57.9 Å². The third-order valence-corrected chi connectivity index (χ3v) is 10.5. The zero-order valence-corrected chi connectivity index (χ0v) is 31.1. The van der Waals surface area contributed by atoms with E-state index in [9.17, 15) is 19.2 Å². The standard InChI is InChI=1S/C39H41N3O8S2/c1-47-30-22-32(49-3)31(48-2)20-25(30)19-29(41-36(44)24-13-8-7-9-14-24)37(45)40-26-15-12-16-27(21-26)51-23-34(43)42-38-35(39(46)50-4)28-17-10-5-6-11-18-33(28)52-38/h7-9,12-16,19-22H,5-6,10-11,17-18,23H2,1-4H3,(H,40,45)(H,41,44)(H,42,43)/b29-19+. The first-order chi connectivity index (χ1) is 25.2. The lowest BCUT2D eigenvalue weighted by atomic mass is 9.96. The highest BCUT2D eigenvalue weighted by Gasteiger charge is 2.26. The number of carbonyl (C=O) groups is 4. The van der Waals surface area contributed by atoms with E-state index in [1.54, 1.807) is 60.7 Å². The molecule has 0 unspecified atom stereocenters. The Bertz CT molecular complexity index is 1960. The number of carbonyl (C=O) groups excluding carboxylic acids is 4. The lowest BCUT2D eigenvalue weighted by Crippen LogP contribution is -2.30. The summed E-state index contributed by atoms with van der Waals surface area (Å²) in [6.07, 6.45) is 7.45. The molecule has 11 nitrogen and oxygen atoms in total. The quantitative estimate of drug-likeness (QED) is 0.0728. The second kappa shape index (κ2) is 18.3. The van der Waals surface area contributed by atoms with Crippen molar-refractivity contribution in [2.45, 2.75) is 43.4 Å². The first-order valence-electron chi connectivity index (χ1n) is 16.7. The van der Waals surface area contributed by atoms with Gasteiger partial charge in [-0.2, -0.15) is 0 Å². The van der Waals surface area contributed by atoms with Crippen LogP contribution in [0.3, 0.4) is 0 Å². The monoisotopic (exact) mass is 743 g/mol. The molecule has 3 N–H and O–H groups in total. The Morgan fingerprint density at radius 2 is 1.50 bits per heavy atom. The van der Waals surface area contributed by atoms with Crippen LogP contribution < -0.4 is 30.2 Å². The van der Waals surface area contributed by atoms with E-state index >= 15 is 0 Å². The molecule has 0 atom stereocenters. The number of hydrogen-bond acceptors (Lipinski definition) is 10. The molecule has 13 heteroatoms. The fourth-order valence-electron chi connectivity index (χ4n) is 5.76. The minimum absolute atomic E-state index is 0.0525. The number of anilines is 2. The summed E-state index contributed by atoms with van der Waals surface area (Å²) in [5.41, 5.74) is 2.66. The Labute approximate surface area is 311 Å². The molecule has 0 radical (unpaired) electrons. The number of ether oxygens (including phenoxy) is 4. The van der Waals surface area contributed by atoms with Crippen molar-refractivity contribution in [3.05, 3.63) is 99.6 Å². The van der Waals surface area contributed by atoms with Crippen molar-refractivity contribution in [1.82, 2.24) is 5.32 Å². The number of methoxy groups -OCH3 is 4. The number of thiophene rings is 1. The van der Waals surface area contributed by atoms with Crippen LogP contribution in [0.4, 0.5) is 10.7 Å². The second-order valence-electron chi connectivity index (χ2n) is 11.8. The highest BCUT2D eigenvalue weighted by molar-refractivity contribution is 8.00. The number of amides is 3. The van der Waals surface area contributed by atoms with Gasteiger partial charge in [-0.15, -0.1) is 23.1 Å². The van der Waals surface area contributed by atoms with E-state index in [1.807, 2.05) is 6.07 Å². The van der Waals surface area contributed by atoms with E-state index in [1.165, 1.54) is 57.6 Å². The SMILES string of the molecule is COC(=O)c1c(NC(=O)CSc2cccc(NC(=O)/C(=C\c3cc(OC)c(OC)cc3OC)NC(=O)c3ccccc3)c2)sc2c1CCCCCC2. The molecule has 0 fully saturated rings. The van der Waals surface area contributed by atoms with Gasteiger partial charge in [0.2, 0.25) is 5.91 Å². The van der Waals surface area contributed by atoms with Gasteiger partial charge in [-0.1, -0.05) is 37.1 Å². The van der Waals surface area contributed by atoms with E-state index in [-0.39, 0.29) is 17.4 Å². The summed E-state index contributed by atoms with van der Waals surface area (Å²) in [6, 6.07) is 18.8. The van der Waals surface area contributed by atoms with Gasteiger partial charge in [-0.25, -0.2) is 4.79 Å². The number of aryl methyl sites for hydroxylation is 1. The van der Waals surface area contributed by atoms with Crippen LogP contribution >= 0.6 is 23.1 Å². The largest absolute Gasteiger partial charge is 0.496 e. The zero-order chi connectivity index (χ0) is 37.0. The van der Waals surface area contributed by atoms with Crippen LogP contribution in [0.1, 0.15) is 62.4 Å². The van der Waals surface area contributed by atoms with Crippen molar-refractivity contribution in [2.75, 3.05) is 44.8 Å². The Morgan fingerprint density at radius 3 is 2.21 bits per heavy atom. The third kappa shape index (κ3) is 9.53. The molecule has 0 aliphatic heterocycles. The molecule has 1 aromatic heterocycles. The van der Waals surface area contributed by atoms with Crippen molar-refractivity contribution in [2.24, 2.45) is 0 Å². The maximum Gasteiger partial charge on any atom is 0.341 e. The van der Waals surface area contributed by atoms with Gasteiger partial charge >= 0.3 is 5.97 Å². The molecule has 0 saturated carbocycles. The lowest BCUT2D eigenvalue weighted by molar-refractivity contribution is -0.114. The fourth-order valence-corrected chi connectivity index (χ4v) is 7.81. The molecule has 0 bridgehead atoms. The Hall–Kier alpha value is -5.27. The van der Waals surface area contributed by atoms with E-state index in [4.69, 9.17) is 18.9 Å². The Balaban J connectivity index is 1.33. The van der Waals surface area contributed by atoms with Crippen molar-refractivity contribution >= 4 is 63.6 Å². The average molecular weight is 744 g/mol. The van der Waals surface area contributed by atoms with Crippen LogP contribution in [0.15, 0.2) is 77.3 Å². The molecule has 3 aromatic carbocycles. The minimum atomic E-state index is -0.593. The fraction of sp³-hybridized carbons (Fsp3) is 0.282. The summed E-state index contributed by atoms with van der Waals surface area (Å²) in [4.78, 5) is 54.8. The molecule has 0 saturated heterocycles. The number of nitrogens with one attached hydrogen (secondary N) is 3. The summed E-state index contributed by atoms with van der Waals surface area (Å²) >= 11 is 2.73. The van der Waals surface area contributed by atoms with Crippen LogP contribution in [0.2, 0.25) is 0 Å². The van der Waals surface area contributed by atoms with Gasteiger partial charge in [0, 0.05) is 32.7 Å². The van der Waals surface area contributed by atoms with Crippen LogP contribution in [0.25, 0.3) is 6.08 Å². The van der Waals surface area contributed by atoms with E-state index in [0.717, 1.165) is 53.9 Å². The third-order valence-electron chi connectivity index (χ3n) is 8.34. The van der Waals surface area contributed by atoms with Crippen molar-refractivity contribution < 1.29 is 38.1 Å². The average Bonchev–Trinajstić information content (AvgIpc) is 3.48. The van der Waals surface area contributed by atoms with Gasteiger partial charge in [0.25, 0.3) is 11.8 Å². The highest BCUT2D eigenvalue weighted by atomic mass is 32.2. The molecule has 3 amide bonds. The van der Waals surface area contributed by atoms with Crippen LogP contribution in [0, 0.1) is 0 Å². The second-order valence-corrected chi connectivity index (χ2v) is 13.9. The number of benzene rings is 3. The number of thioether (sulfide) groups is 1. The van der Waals surface area contributed by atoms with Crippen molar-refractivity contribution in [3.8, 4) is 17.2 Å². The van der Waals surface area contributed by atoms with E-state index in [0.29, 0.717) is 44.6 Å². The minimum Gasteiger partial charge on any atom is -0.496 e. The highest BCUT2D eigenvalue weighted by Crippen LogP contribution is 2.38. The predicted octanol–water partition coefficient (Wildman–Crippen LogP) is 7.36. The van der Waals surface area contributed by atoms with Gasteiger partial charge < -0.3 is 34.9 Å². The van der Waals surface area contributed by atoms with Crippen LogP contribution in [0.5, 0.6) is 17.2 Å². The van der Waals surface area contributed by atoms with Crippen molar-refractivity contribution in [1.29, 1.82) is 0 Å². The molecule has 52 heavy (non-hydrogen) atoms. The number of fused-ring (bicyclic) bond motifs is 1. The summed E-state index contributed by atoms with van der Waals surface area (Å²) in [5, 5.41) is 9.06. The summed E-state index contributed by atoms with van der Waals surface area (Å²) in [5.74, 6) is -0.487. The number of esters is 1. The topological polar surface area (TPSA) is 141 Å². The molecule has 1 heterocycles. The van der Waals surface area contributed by atoms with E-state index in [2.05, 4.69) is 16.0 Å². The Morgan fingerprint density at radius 1 is 0.788 bits per heavy atom. The zero-order valence-electron chi connectivity index (χ0n) is 29.5. The molecule has 4 aromatic rings. The molecule has 1 aliphatic carbocycles. The normalized spacial score (nSPS) is 12.7. The van der Waals surface area contributed by atoms with Crippen molar-refractivity contribution in [3.63, 3.8) is 0 Å². The molecule has 5 rings (SSSR count). The van der Waals surface area contributed by atoms with Gasteiger partial charge in [0.15, 0.2) is 11.5 Å². The smallest absolute Gasteiger partial charge is 0.341 e. The molecule has 272 valence electrons. The molecular formula is C39H41N3O8S2. The molecular weight excluding hydrogens is 703 g/mol. The lowest BCUT2D eigenvalue weighted by Gasteiger charge is -2.15. The number of hydrogen-bond donors (Lipinski definition) is 3. The number of rotatable bonds is 13. The first kappa shape index (κ1) is 38.0. The summed E-state index contributed by atoms with van der Waals surface area (Å²) < 4.78 is 21.5. The predicted molar refractivity (Wildman–Crippen MR) is 204 cm³/mol. The maximum atomic E-state index is 13.8. The molecule has 0 spiro atoms. The van der Waals surface area contributed by atoms with Gasteiger partial charge in [0.05, 0.1) is 39.8 Å². The summed E-state index contributed by atoms with van der Waals surface area (Å²) in [7, 11) is 5.83. The summed E-state index contributed by atoms with van der Waals surface area (Å²) in [6.45, 7) is 0. The Kier molecular flexibility index (Phi) is 13.4. The maximum absolute atomic E-state index is 13.8. The van der Waals surface area contributed by atoms with E-state index < -0.39 is 17.8 Å². The first-order valence-corrected chi connectivity index (χ1v) is 18.5. The molecule has 1 aliphatic rings. The van der Waals surface area contributed by atoms with Gasteiger partial charge in [-0.05, 0) is 73.7 Å². The van der Waals surface area contributed by atoms with Gasteiger partial charge in [0.1, 0.15) is 16.4 Å². The van der Waals surface area contributed by atoms with Crippen LogP contribution in [-0.2, 0) is 27.2 Å². The van der Waals surface area contributed by atoms with Gasteiger partial charge in [-0.3, -0.25) is 14.4 Å².